The molecular formula is C15H27. The molecule has 15 heavy (non-hydrogen) atoms. The molecule has 2 aliphatic carbocycles. The molecule has 0 bridgehead atoms. The lowest BCUT2D eigenvalue weighted by molar-refractivity contribution is 0.161. The van der Waals surface area contributed by atoms with Crippen LogP contribution >= 0.6 is 0 Å². The van der Waals surface area contributed by atoms with Gasteiger partial charge in [-0.25, -0.2) is 0 Å². The highest BCUT2D eigenvalue weighted by Crippen LogP contribution is 2.52. The lowest BCUT2D eigenvalue weighted by Crippen LogP contribution is -2.32. The van der Waals surface area contributed by atoms with Crippen molar-refractivity contribution in [2.24, 2.45) is 5.41 Å². The minimum atomic E-state index is 0.716. The van der Waals surface area contributed by atoms with Gasteiger partial charge in [0.05, 0.1) is 0 Å². The molecule has 0 unspecified atom stereocenters. The Balaban J connectivity index is 2.01. The van der Waals surface area contributed by atoms with Gasteiger partial charge in [-0.2, -0.15) is 0 Å². The van der Waals surface area contributed by atoms with Crippen molar-refractivity contribution in [3.05, 3.63) is 5.92 Å². The second-order valence-corrected chi connectivity index (χ2v) is 5.76. The second-order valence-electron chi connectivity index (χ2n) is 5.76. The van der Waals surface area contributed by atoms with Crippen LogP contribution in [-0.4, -0.2) is 0 Å². The van der Waals surface area contributed by atoms with Crippen LogP contribution in [0.3, 0.4) is 0 Å². The molecule has 0 atom stereocenters. The van der Waals surface area contributed by atoms with Crippen molar-refractivity contribution in [3.8, 4) is 0 Å². The zero-order valence-corrected chi connectivity index (χ0v) is 10.5. The summed E-state index contributed by atoms with van der Waals surface area (Å²) in [7, 11) is 0. The normalized spacial score (nSPS) is 27.8. The van der Waals surface area contributed by atoms with Crippen LogP contribution in [0.5, 0.6) is 0 Å². The monoisotopic (exact) mass is 207 g/mol. The Morgan fingerprint density at radius 1 is 0.867 bits per heavy atom. The van der Waals surface area contributed by atoms with Gasteiger partial charge in [0.2, 0.25) is 0 Å². The number of hydrogen-bond donors (Lipinski definition) is 0. The first-order chi connectivity index (χ1) is 7.37. The summed E-state index contributed by atoms with van der Waals surface area (Å²) in [4.78, 5) is 0. The molecule has 0 heteroatoms. The molecule has 0 aromatic heterocycles. The Bertz CT molecular complexity index is 165. The van der Waals surface area contributed by atoms with Crippen LogP contribution in [0.2, 0.25) is 0 Å². The zero-order chi connectivity index (χ0) is 10.6. The molecular weight excluding hydrogens is 180 g/mol. The quantitative estimate of drug-likeness (QED) is 0.591. The fourth-order valence-corrected chi connectivity index (χ4v) is 4.00. The first kappa shape index (κ1) is 11.5. The van der Waals surface area contributed by atoms with Crippen LogP contribution < -0.4 is 0 Å². The first-order valence-electron chi connectivity index (χ1n) is 7.22. The largest absolute Gasteiger partial charge is 0.0654 e. The summed E-state index contributed by atoms with van der Waals surface area (Å²) < 4.78 is 0. The minimum absolute atomic E-state index is 0.716. The van der Waals surface area contributed by atoms with E-state index in [0.717, 1.165) is 0 Å². The molecule has 0 N–H and O–H groups in total. The Hall–Kier alpha value is 0. The zero-order valence-electron chi connectivity index (χ0n) is 10.5. The van der Waals surface area contributed by atoms with Crippen molar-refractivity contribution in [1.29, 1.82) is 0 Å². The molecule has 2 saturated carbocycles. The average Bonchev–Trinajstić information content (AvgIpc) is 2.32. The molecule has 87 valence electrons. The molecule has 0 spiro atoms. The van der Waals surface area contributed by atoms with E-state index in [2.05, 4.69) is 6.92 Å². The molecule has 0 aromatic rings. The van der Waals surface area contributed by atoms with Gasteiger partial charge in [0.15, 0.2) is 0 Å². The van der Waals surface area contributed by atoms with Gasteiger partial charge in [-0.3, -0.25) is 0 Å². The maximum atomic E-state index is 2.37. The van der Waals surface area contributed by atoms with Crippen molar-refractivity contribution < 1.29 is 0 Å². The van der Waals surface area contributed by atoms with Gasteiger partial charge in [0.1, 0.15) is 0 Å². The highest BCUT2D eigenvalue weighted by molar-refractivity contribution is 5.09. The van der Waals surface area contributed by atoms with E-state index in [1.807, 2.05) is 5.92 Å². The van der Waals surface area contributed by atoms with Crippen LogP contribution in [0, 0.1) is 11.3 Å². The van der Waals surface area contributed by atoms with Gasteiger partial charge < -0.3 is 0 Å². The number of rotatable bonds is 3. The smallest absolute Gasteiger partial charge is 0.0179 e. The molecule has 0 heterocycles. The Kier molecular flexibility index (Phi) is 4.11. The van der Waals surface area contributed by atoms with E-state index in [0.29, 0.717) is 5.41 Å². The summed E-state index contributed by atoms with van der Waals surface area (Å²) in [5.41, 5.74) is 0.716. The van der Waals surface area contributed by atoms with E-state index in [4.69, 9.17) is 0 Å². The highest BCUT2D eigenvalue weighted by Gasteiger charge is 2.39. The molecule has 0 aliphatic heterocycles. The van der Waals surface area contributed by atoms with Crippen LogP contribution in [0.1, 0.15) is 84.0 Å². The fourth-order valence-electron chi connectivity index (χ4n) is 4.00. The van der Waals surface area contributed by atoms with Crippen molar-refractivity contribution >= 4 is 0 Å². The molecule has 0 nitrogen and oxygen atoms in total. The van der Waals surface area contributed by atoms with Crippen LogP contribution in [0.25, 0.3) is 0 Å². The number of hydrogen-bond acceptors (Lipinski definition) is 0. The molecule has 0 aromatic carbocycles. The summed E-state index contributed by atoms with van der Waals surface area (Å²) in [6.07, 6.45) is 17.8. The maximum absolute atomic E-state index is 2.37. The molecule has 2 rings (SSSR count). The standard InChI is InChI=1S/C15H27/c1-2-11-15(12-7-4-8-13-15)14-9-5-3-6-10-14/h2-13H2,1H3. The molecule has 2 fully saturated rings. The van der Waals surface area contributed by atoms with E-state index in [9.17, 15) is 0 Å². The van der Waals surface area contributed by atoms with E-state index < -0.39 is 0 Å². The third kappa shape index (κ3) is 2.57. The molecule has 1 radical (unpaired) electrons. The second kappa shape index (κ2) is 5.37. The summed E-state index contributed by atoms with van der Waals surface area (Å²) in [5, 5.41) is 0. The van der Waals surface area contributed by atoms with E-state index in [1.165, 1.54) is 77.0 Å². The van der Waals surface area contributed by atoms with Crippen molar-refractivity contribution in [1.82, 2.24) is 0 Å². The highest BCUT2D eigenvalue weighted by atomic mass is 14.4. The van der Waals surface area contributed by atoms with Crippen molar-refractivity contribution in [3.63, 3.8) is 0 Å². The summed E-state index contributed by atoms with van der Waals surface area (Å²) in [6, 6.07) is 0. The van der Waals surface area contributed by atoms with Gasteiger partial charge in [-0.05, 0) is 43.4 Å². The van der Waals surface area contributed by atoms with Gasteiger partial charge in [0.25, 0.3) is 0 Å². The Labute approximate surface area is 95.8 Å². The molecule has 0 amide bonds. The van der Waals surface area contributed by atoms with Gasteiger partial charge in [-0.15, -0.1) is 0 Å². The first-order valence-corrected chi connectivity index (χ1v) is 7.22. The van der Waals surface area contributed by atoms with E-state index in [1.54, 1.807) is 0 Å². The summed E-state index contributed by atoms with van der Waals surface area (Å²) in [5.74, 6) is 1.98. The van der Waals surface area contributed by atoms with Gasteiger partial charge >= 0.3 is 0 Å². The van der Waals surface area contributed by atoms with Crippen LogP contribution in [0.15, 0.2) is 0 Å². The maximum Gasteiger partial charge on any atom is -0.0179 e. The average molecular weight is 207 g/mol. The SMILES string of the molecule is CCCC1([C]2CCCCC2)CCCCC1. The third-order valence-electron chi connectivity index (χ3n) is 4.75. The summed E-state index contributed by atoms with van der Waals surface area (Å²) >= 11 is 0. The summed E-state index contributed by atoms with van der Waals surface area (Å²) in [6.45, 7) is 2.37. The van der Waals surface area contributed by atoms with Gasteiger partial charge in [-0.1, -0.05) is 51.9 Å². The van der Waals surface area contributed by atoms with Crippen molar-refractivity contribution in [2.45, 2.75) is 84.0 Å². The van der Waals surface area contributed by atoms with E-state index >= 15 is 0 Å². The lowest BCUT2D eigenvalue weighted by Gasteiger charge is -2.45. The van der Waals surface area contributed by atoms with E-state index in [-0.39, 0.29) is 0 Å². The van der Waals surface area contributed by atoms with Gasteiger partial charge in [0, 0.05) is 0 Å². The Morgan fingerprint density at radius 2 is 1.47 bits per heavy atom. The molecule has 2 aliphatic rings. The predicted octanol–water partition coefficient (Wildman–Crippen LogP) is 5.28. The topological polar surface area (TPSA) is 0 Å². The Morgan fingerprint density at radius 3 is 2.07 bits per heavy atom. The van der Waals surface area contributed by atoms with Crippen LogP contribution in [0.4, 0.5) is 0 Å². The third-order valence-corrected chi connectivity index (χ3v) is 4.75. The minimum Gasteiger partial charge on any atom is -0.0654 e. The fraction of sp³-hybridized carbons (Fsp3) is 0.933. The predicted molar refractivity (Wildman–Crippen MR) is 66.8 cm³/mol. The van der Waals surface area contributed by atoms with Crippen LogP contribution in [-0.2, 0) is 0 Å². The van der Waals surface area contributed by atoms with Crippen molar-refractivity contribution in [2.75, 3.05) is 0 Å². The lowest BCUT2D eigenvalue weighted by atomic mass is 9.60. The molecule has 0 saturated heterocycles.